The average molecular weight is 615 g/mol. The second-order valence-corrected chi connectivity index (χ2v) is 11.8. The molecule has 2 aliphatic carbocycles. The van der Waals surface area contributed by atoms with Crippen molar-refractivity contribution in [2.24, 2.45) is 0 Å². The van der Waals surface area contributed by atoms with Crippen LogP contribution >= 0.6 is 0 Å². The summed E-state index contributed by atoms with van der Waals surface area (Å²) in [6, 6.07) is 73.3. The zero-order chi connectivity index (χ0) is 32.1. The molecular formula is C46H34N2. The molecule has 48 heavy (non-hydrogen) atoms. The first-order valence-electron chi connectivity index (χ1n) is 16.4. The number of nitrogens with zero attached hydrogens (tertiary/aromatic N) is 2. The molecule has 6 aromatic carbocycles. The Morgan fingerprint density at radius 2 is 0.458 bits per heavy atom. The van der Waals surface area contributed by atoms with Gasteiger partial charge in [-0.15, -0.1) is 0 Å². The number of hydrogen-bond acceptors (Lipinski definition) is 2. The Kier molecular flexibility index (Phi) is 7.96. The molecule has 2 heteroatoms. The third kappa shape index (κ3) is 5.72. The first-order valence-corrected chi connectivity index (χ1v) is 16.4. The van der Waals surface area contributed by atoms with Crippen molar-refractivity contribution in [3.05, 3.63) is 206 Å². The predicted octanol–water partition coefficient (Wildman–Crippen LogP) is 13.1. The van der Waals surface area contributed by atoms with Gasteiger partial charge in [-0.3, -0.25) is 0 Å². The largest absolute Gasteiger partial charge is 0.311 e. The summed E-state index contributed by atoms with van der Waals surface area (Å²) < 4.78 is 0. The second-order valence-electron chi connectivity index (χ2n) is 11.8. The molecule has 2 aliphatic rings. The van der Waals surface area contributed by atoms with Crippen molar-refractivity contribution in [2.45, 2.75) is 0 Å². The van der Waals surface area contributed by atoms with Crippen LogP contribution in [0.2, 0.25) is 0 Å². The molecule has 0 saturated heterocycles. The summed E-state index contributed by atoms with van der Waals surface area (Å²) >= 11 is 0. The number of fused-ring (bicyclic) bond motifs is 1. The van der Waals surface area contributed by atoms with E-state index in [2.05, 4.69) is 216 Å². The molecule has 0 radical (unpaired) electrons. The molecule has 0 heterocycles. The molecule has 0 bridgehead atoms. The molecule has 2 nitrogen and oxygen atoms in total. The lowest BCUT2D eigenvalue weighted by Crippen LogP contribution is -2.09. The van der Waals surface area contributed by atoms with Crippen molar-refractivity contribution in [3.8, 4) is 33.4 Å². The summed E-state index contributed by atoms with van der Waals surface area (Å²) in [4.78, 5) is 4.60. The third-order valence-corrected chi connectivity index (χ3v) is 8.84. The molecule has 0 spiro atoms. The Morgan fingerprint density at radius 3 is 0.750 bits per heavy atom. The summed E-state index contributed by atoms with van der Waals surface area (Å²) in [5.74, 6) is 0. The summed E-state index contributed by atoms with van der Waals surface area (Å²) in [5.41, 5.74) is 14.1. The van der Waals surface area contributed by atoms with E-state index in [0.717, 1.165) is 34.1 Å². The number of hydrogen-bond donors (Lipinski definition) is 0. The molecule has 0 aliphatic heterocycles. The van der Waals surface area contributed by atoms with Gasteiger partial charge >= 0.3 is 0 Å². The van der Waals surface area contributed by atoms with Gasteiger partial charge in [-0.1, -0.05) is 127 Å². The van der Waals surface area contributed by atoms with Crippen molar-refractivity contribution in [1.29, 1.82) is 0 Å². The van der Waals surface area contributed by atoms with Crippen LogP contribution in [-0.2, 0) is 0 Å². The number of para-hydroxylation sites is 4. The maximum absolute atomic E-state index is 2.35. The lowest BCUT2D eigenvalue weighted by molar-refractivity contribution is 1.28. The summed E-state index contributed by atoms with van der Waals surface area (Å²) in [5, 5.41) is 0. The molecule has 0 unspecified atom stereocenters. The standard InChI is InChI=1S/C46H34N2/c1-6-16-37(17-7-1)47(38-18-8-2-9-19-38)41-30-26-35(27-31-41)45-34-46(44-25-15-5-14-24-43(44)45)36-28-32-42(33-29-36)48(39-20-10-3-11-21-39)40-22-12-4-13-23-40/h1-34H. The van der Waals surface area contributed by atoms with Crippen LogP contribution in [0.25, 0.3) is 33.4 Å². The fourth-order valence-electron chi connectivity index (χ4n) is 6.58. The summed E-state index contributed by atoms with van der Waals surface area (Å²) in [6.07, 6.45) is 0. The SMILES string of the molecule is c1ccc(N(c2ccccc2)c2ccc(-c3cc(-c4ccc(N(c5ccccc5)c5ccccc5)cc4)c4cccccc3-4)cc2)cc1. The zero-order valence-electron chi connectivity index (χ0n) is 26.5. The number of anilines is 6. The lowest BCUT2D eigenvalue weighted by Gasteiger charge is -2.25. The third-order valence-electron chi connectivity index (χ3n) is 8.84. The van der Waals surface area contributed by atoms with E-state index >= 15 is 0 Å². The quantitative estimate of drug-likeness (QED) is 0.168. The minimum Gasteiger partial charge on any atom is -0.311 e. The van der Waals surface area contributed by atoms with Crippen molar-refractivity contribution >= 4 is 34.1 Å². The Labute approximate surface area is 282 Å². The van der Waals surface area contributed by atoms with Crippen LogP contribution in [0.5, 0.6) is 0 Å². The van der Waals surface area contributed by atoms with Crippen molar-refractivity contribution in [3.63, 3.8) is 0 Å². The second kappa shape index (κ2) is 13.2. The van der Waals surface area contributed by atoms with Crippen LogP contribution in [0.3, 0.4) is 0 Å². The average Bonchev–Trinajstić information content (AvgIpc) is 3.34. The maximum Gasteiger partial charge on any atom is 0.0462 e. The minimum absolute atomic E-state index is 1.12. The van der Waals surface area contributed by atoms with Gasteiger partial charge in [0, 0.05) is 34.1 Å². The molecule has 228 valence electrons. The van der Waals surface area contributed by atoms with E-state index < -0.39 is 0 Å². The number of benzene rings is 6. The van der Waals surface area contributed by atoms with Gasteiger partial charge in [0.05, 0.1) is 0 Å². The van der Waals surface area contributed by atoms with Crippen LogP contribution in [0.15, 0.2) is 206 Å². The van der Waals surface area contributed by atoms with Crippen molar-refractivity contribution in [1.82, 2.24) is 0 Å². The molecule has 0 aromatic heterocycles. The predicted molar refractivity (Wildman–Crippen MR) is 203 cm³/mol. The molecule has 8 rings (SSSR count). The first-order chi connectivity index (χ1) is 23.8. The normalized spacial score (nSPS) is 10.9. The Morgan fingerprint density at radius 1 is 0.208 bits per heavy atom. The van der Waals surface area contributed by atoms with Gasteiger partial charge < -0.3 is 9.80 Å². The molecule has 0 atom stereocenters. The van der Waals surface area contributed by atoms with Crippen LogP contribution in [0, 0.1) is 0 Å². The Balaban J connectivity index is 1.17. The molecule has 0 N–H and O–H groups in total. The highest BCUT2D eigenvalue weighted by Gasteiger charge is 2.19. The van der Waals surface area contributed by atoms with Crippen LogP contribution < -0.4 is 9.80 Å². The van der Waals surface area contributed by atoms with Gasteiger partial charge in [0.15, 0.2) is 0 Å². The molecule has 0 amide bonds. The highest BCUT2D eigenvalue weighted by molar-refractivity contribution is 5.98. The smallest absolute Gasteiger partial charge is 0.0462 e. The van der Waals surface area contributed by atoms with Gasteiger partial charge in [-0.2, -0.15) is 0 Å². The minimum atomic E-state index is 1.12. The van der Waals surface area contributed by atoms with E-state index in [1.165, 1.54) is 33.4 Å². The molecular weight excluding hydrogens is 581 g/mol. The molecule has 0 saturated carbocycles. The fraction of sp³-hybridized carbons (Fsp3) is 0. The van der Waals surface area contributed by atoms with E-state index in [4.69, 9.17) is 0 Å². The maximum atomic E-state index is 2.35. The van der Waals surface area contributed by atoms with Gasteiger partial charge in [0.25, 0.3) is 0 Å². The van der Waals surface area contributed by atoms with Crippen LogP contribution in [-0.4, -0.2) is 0 Å². The van der Waals surface area contributed by atoms with E-state index in [1.54, 1.807) is 0 Å². The zero-order valence-corrected chi connectivity index (χ0v) is 26.5. The molecule has 6 aromatic rings. The topological polar surface area (TPSA) is 6.48 Å². The van der Waals surface area contributed by atoms with E-state index in [1.807, 2.05) is 0 Å². The van der Waals surface area contributed by atoms with Crippen LogP contribution in [0.1, 0.15) is 0 Å². The number of rotatable bonds is 8. The highest BCUT2D eigenvalue weighted by atomic mass is 15.1. The van der Waals surface area contributed by atoms with E-state index in [-0.39, 0.29) is 0 Å². The van der Waals surface area contributed by atoms with Crippen LogP contribution in [0.4, 0.5) is 34.1 Å². The highest BCUT2D eigenvalue weighted by Crippen LogP contribution is 2.45. The fourth-order valence-corrected chi connectivity index (χ4v) is 6.58. The monoisotopic (exact) mass is 614 g/mol. The van der Waals surface area contributed by atoms with E-state index in [0.29, 0.717) is 0 Å². The van der Waals surface area contributed by atoms with Crippen molar-refractivity contribution < 1.29 is 0 Å². The Hall–Kier alpha value is -6.38. The van der Waals surface area contributed by atoms with Gasteiger partial charge in [-0.05, 0) is 112 Å². The summed E-state index contributed by atoms with van der Waals surface area (Å²) in [6.45, 7) is 0. The molecule has 0 fully saturated rings. The lowest BCUT2D eigenvalue weighted by atomic mass is 10.0. The Bertz CT molecular complexity index is 1960. The van der Waals surface area contributed by atoms with Gasteiger partial charge in [0.2, 0.25) is 0 Å². The van der Waals surface area contributed by atoms with Gasteiger partial charge in [0.1, 0.15) is 0 Å². The first kappa shape index (κ1) is 29.1. The van der Waals surface area contributed by atoms with E-state index in [9.17, 15) is 0 Å². The van der Waals surface area contributed by atoms with Crippen molar-refractivity contribution in [2.75, 3.05) is 9.80 Å². The van der Waals surface area contributed by atoms with Gasteiger partial charge in [-0.25, -0.2) is 0 Å². The summed E-state index contributed by atoms with van der Waals surface area (Å²) in [7, 11) is 0.